The smallest absolute Gasteiger partial charge is 0.311 e. The molecule has 0 amide bonds. The standard InChI is InChI=1S/C32H52O5.C16H28N3O2S.C2H6O/c1-32(2,3)37-31(35)25-19-17-15-13-11-9-7-5-4-6-8-10-12-14-16-18-24-30(34)36-29-23-21-20-22-28(29)26-27-33;1-4-5-6-7-11-21-16-15(17-22-18-16)14-9-8-10-19(2,12-14)13-20-3;1-3-2/h20-23,27H,4-19,24-26H2,1-3H3;9H,4-8,10-13H2,1-3H3;1-2H3/q;+1;. The van der Waals surface area contributed by atoms with E-state index >= 15 is 0 Å². The molecule has 1 aliphatic heterocycles. The van der Waals surface area contributed by atoms with Gasteiger partial charge in [-0.15, -0.1) is 4.37 Å². The second-order valence-electron chi connectivity index (χ2n) is 17.9. The Bertz CT molecular complexity index is 1480. The van der Waals surface area contributed by atoms with Crippen LogP contribution in [0.1, 0.15) is 187 Å². The summed E-state index contributed by atoms with van der Waals surface area (Å²) in [5.41, 5.74) is 2.56. The summed E-state index contributed by atoms with van der Waals surface area (Å²) in [7, 11) is 7.23. The number of aldehydes is 1. The van der Waals surface area contributed by atoms with E-state index in [0.717, 1.165) is 87.0 Å². The van der Waals surface area contributed by atoms with Crippen molar-refractivity contribution in [3.05, 3.63) is 41.6 Å². The predicted molar refractivity (Wildman–Crippen MR) is 254 cm³/mol. The number of hydrogen-bond acceptors (Lipinski definition) is 11. The number of quaternary nitrogens is 1. The zero-order valence-corrected chi connectivity index (χ0v) is 41.1. The third kappa shape index (κ3) is 29.2. The van der Waals surface area contributed by atoms with Crippen molar-refractivity contribution in [3.63, 3.8) is 0 Å². The van der Waals surface area contributed by atoms with E-state index in [4.69, 9.17) is 18.9 Å². The molecular weight excluding hydrogens is 803 g/mol. The Morgan fingerprint density at radius 2 is 1.29 bits per heavy atom. The molecule has 12 heteroatoms. The van der Waals surface area contributed by atoms with Crippen molar-refractivity contribution in [1.82, 2.24) is 8.75 Å². The van der Waals surface area contributed by atoms with Gasteiger partial charge in [-0.05, 0) is 46.1 Å². The van der Waals surface area contributed by atoms with E-state index < -0.39 is 0 Å². The average Bonchev–Trinajstić information content (AvgIpc) is 3.70. The van der Waals surface area contributed by atoms with E-state index in [-0.39, 0.29) is 24.0 Å². The second-order valence-corrected chi connectivity index (χ2v) is 18.4. The lowest BCUT2D eigenvalue weighted by atomic mass is 10.0. The van der Waals surface area contributed by atoms with Crippen LogP contribution in [-0.2, 0) is 35.0 Å². The van der Waals surface area contributed by atoms with Crippen molar-refractivity contribution in [1.29, 1.82) is 0 Å². The molecule has 1 aromatic carbocycles. The predicted octanol–water partition coefficient (Wildman–Crippen LogP) is 12.3. The van der Waals surface area contributed by atoms with Crippen LogP contribution < -0.4 is 9.47 Å². The summed E-state index contributed by atoms with van der Waals surface area (Å²) < 4.78 is 35.9. The Balaban J connectivity index is 0.000000648. The van der Waals surface area contributed by atoms with Gasteiger partial charge in [0.2, 0.25) is 0 Å². The van der Waals surface area contributed by atoms with Gasteiger partial charge in [0.05, 0.1) is 31.9 Å². The molecule has 62 heavy (non-hydrogen) atoms. The van der Waals surface area contributed by atoms with Crippen LogP contribution in [0.3, 0.4) is 0 Å². The summed E-state index contributed by atoms with van der Waals surface area (Å²) in [6.45, 7) is 11.4. The van der Waals surface area contributed by atoms with Gasteiger partial charge in [0, 0.05) is 58.1 Å². The molecule has 1 unspecified atom stereocenters. The Hall–Kier alpha value is -3.19. The molecule has 0 aliphatic carbocycles. The van der Waals surface area contributed by atoms with Crippen LogP contribution >= 0.6 is 11.7 Å². The number of hydrogen-bond donors (Lipinski definition) is 0. The monoisotopic (exact) mass is 889 g/mol. The van der Waals surface area contributed by atoms with Crippen molar-refractivity contribution >= 4 is 35.5 Å². The Kier molecular flexibility index (Phi) is 33.2. The summed E-state index contributed by atoms with van der Waals surface area (Å²) in [5, 5.41) is 0. The number of carbonyl (C=O) groups excluding carboxylic acids is 3. The van der Waals surface area contributed by atoms with E-state index in [1.54, 1.807) is 27.4 Å². The van der Waals surface area contributed by atoms with E-state index in [2.05, 4.69) is 33.5 Å². The summed E-state index contributed by atoms with van der Waals surface area (Å²) in [4.78, 5) is 34.5. The van der Waals surface area contributed by atoms with E-state index in [1.165, 1.54) is 114 Å². The summed E-state index contributed by atoms with van der Waals surface area (Å²) in [5.74, 6) is 0.933. The van der Waals surface area contributed by atoms with Crippen LogP contribution in [0.15, 0.2) is 30.3 Å². The number of likely N-dealkylation sites (N-methyl/N-ethyl adjacent to an activating group) is 1. The zero-order chi connectivity index (χ0) is 45.7. The van der Waals surface area contributed by atoms with Crippen molar-refractivity contribution in [2.45, 2.75) is 187 Å². The van der Waals surface area contributed by atoms with Gasteiger partial charge in [-0.2, -0.15) is 4.37 Å². The van der Waals surface area contributed by atoms with Crippen LogP contribution in [-0.4, -0.2) is 91.9 Å². The quantitative estimate of drug-likeness (QED) is 0.0238. The van der Waals surface area contributed by atoms with Crippen LogP contribution in [0.2, 0.25) is 0 Å². The van der Waals surface area contributed by atoms with Gasteiger partial charge in [-0.25, -0.2) is 0 Å². The largest absolute Gasteiger partial charge is 0.475 e. The van der Waals surface area contributed by atoms with Crippen molar-refractivity contribution < 1.29 is 42.6 Å². The second kappa shape index (κ2) is 36.2. The molecule has 0 saturated heterocycles. The van der Waals surface area contributed by atoms with E-state index in [9.17, 15) is 14.4 Å². The van der Waals surface area contributed by atoms with Gasteiger partial charge >= 0.3 is 11.9 Å². The number of benzene rings is 1. The van der Waals surface area contributed by atoms with Gasteiger partial charge in [-0.1, -0.05) is 140 Å². The first-order valence-electron chi connectivity index (χ1n) is 23.7. The molecule has 3 rings (SSSR count). The lowest BCUT2D eigenvalue weighted by molar-refractivity contribution is -0.921. The number of unbranched alkanes of at least 4 members (excludes halogenated alkanes) is 18. The summed E-state index contributed by atoms with van der Waals surface area (Å²) in [6.07, 6.45) is 29.7. The van der Waals surface area contributed by atoms with Gasteiger partial charge < -0.3 is 28.5 Å². The topological polar surface area (TPSA) is 123 Å². The Morgan fingerprint density at radius 3 is 1.82 bits per heavy atom. The third-order valence-electron chi connectivity index (χ3n) is 10.5. The van der Waals surface area contributed by atoms with Gasteiger partial charge in [0.1, 0.15) is 29.9 Å². The SMILES string of the molecule is CC(C)(C)OC(=O)CCCCCCCCCCCCCCCCCCC(=O)Oc1ccccc1CC=O.CCCCCCOc1nsnc1C1=CCC[N+](C)(COC)C1.COC. The first-order valence-corrected chi connectivity index (χ1v) is 24.5. The number of esters is 2. The molecule has 2 aromatic rings. The molecular formula is C50H86N3O8S+. The van der Waals surface area contributed by atoms with Crippen molar-refractivity contribution in [3.8, 4) is 11.6 Å². The fraction of sp³-hybridized carbons (Fsp3) is 0.740. The highest BCUT2D eigenvalue weighted by Crippen LogP contribution is 2.30. The first-order chi connectivity index (χ1) is 29.9. The molecule has 0 saturated carbocycles. The number of methoxy groups -OCH3 is 2. The molecule has 2 heterocycles. The van der Waals surface area contributed by atoms with Crippen LogP contribution in [0.5, 0.6) is 11.6 Å². The van der Waals surface area contributed by atoms with Crippen LogP contribution in [0.4, 0.5) is 0 Å². The van der Waals surface area contributed by atoms with Gasteiger partial charge in [0.25, 0.3) is 5.88 Å². The third-order valence-corrected chi connectivity index (χ3v) is 11.0. The minimum Gasteiger partial charge on any atom is -0.475 e. The highest BCUT2D eigenvalue weighted by molar-refractivity contribution is 6.99. The minimum absolute atomic E-state index is 0.0690. The number of carbonyl (C=O) groups is 3. The number of rotatable bonds is 31. The van der Waals surface area contributed by atoms with Crippen LogP contribution in [0, 0.1) is 0 Å². The van der Waals surface area contributed by atoms with Gasteiger partial charge in [-0.3, -0.25) is 14.1 Å². The van der Waals surface area contributed by atoms with Crippen molar-refractivity contribution in [2.75, 3.05) is 54.8 Å². The number of para-hydroxylation sites is 1. The maximum atomic E-state index is 12.1. The molecule has 0 fully saturated rings. The molecule has 0 spiro atoms. The Morgan fingerprint density at radius 1 is 0.758 bits per heavy atom. The lowest BCUT2D eigenvalue weighted by Gasteiger charge is -2.36. The number of nitrogens with zero attached hydrogens (tertiary/aromatic N) is 3. The zero-order valence-electron chi connectivity index (χ0n) is 40.3. The maximum absolute atomic E-state index is 12.1. The Labute approximate surface area is 381 Å². The fourth-order valence-corrected chi connectivity index (χ4v) is 7.84. The molecule has 1 aliphatic rings. The van der Waals surface area contributed by atoms with Crippen LogP contribution in [0.25, 0.3) is 5.57 Å². The van der Waals surface area contributed by atoms with E-state index in [0.29, 0.717) is 24.5 Å². The van der Waals surface area contributed by atoms with Gasteiger partial charge in [0.15, 0.2) is 6.73 Å². The molecule has 1 atom stereocenters. The lowest BCUT2D eigenvalue weighted by Crippen LogP contribution is -2.48. The molecule has 0 N–H and O–H groups in total. The molecule has 1 aromatic heterocycles. The average molecular weight is 889 g/mol. The summed E-state index contributed by atoms with van der Waals surface area (Å²) >= 11 is 1.24. The number of aromatic nitrogens is 2. The van der Waals surface area contributed by atoms with Crippen molar-refractivity contribution in [2.24, 2.45) is 0 Å². The van der Waals surface area contributed by atoms with E-state index in [1.807, 2.05) is 39.0 Å². The minimum atomic E-state index is -0.371. The molecule has 0 radical (unpaired) electrons. The number of ether oxygens (including phenoxy) is 5. The summed E-state index contributed by atoms with van der Waals surface area (Å²) in [6, 6.07) is 7.23. The molecule has 11 nitrogen and oxygen atoms in total. The highest BCUT2D eigenvalue weighted by Gasteiger charge is 2.29. The highest BCUT2D eigenvalue weighted by atomic mass is 32.1. The fourth-order valence-electron chi connectivity index (χ4n) is 7.31. The maximum Gasteiger partial charge on any atom is 0.311 e. The molecule has 354 valence electrons. The first kappa shape index (κ1) is 56.8. The normalized spacial score (nSPS) is 14.7. The molecule has 0 bridgehead atoms.